The van der Waals surface area contributed by atoms with E-state index in [0.717, 1.165) is 5.56 Å². The van der Waals surface area contributed by atoms with E-state index in [9.17, 15) is 14.4 Å². The number of nitrogens with zero attached hydrogens (tertiary/aromatic N) is 6. The molecule has 2 amide bonds. The third-order valence-electron chi connectivity index (χ3n) is 8.65. The van der Waals surface area contributed by atoms with Gasteiger partial charge in [-0.1, -0.05) is 29.5 Å². The fourth-order valence-electron chi connectivity index (χ4n) is 6.27. The maximum atomic E-state index is 16.6. The van der Waals surface area contributed by atoms with Crippen LogP contribution in [-0.4, -0.2) is 78.3 Å². The van der Waals surface area contributed by atoms with Gasteiger partial charge < -0.3 is 24.5 Å². The Hall–Kier alpha value is -5.59. The molecule has 7 rings (SSSR count). The lowest BCUT2D eigenvalue weighted by atomic mass is 9.93. The molecule has 0 bridgehead atoms. The lowest BCUT2D eigenvalue weighted by Crippen LogP contribution is -2.39. The summed E-state index contributed by atoms with van der Waals surface area (Å²) >= 11 is 0. The monoisotopic (exact) mass is 622 g/mol. The first-order valence-electron chi connectivity index (χ1n) is 15.1. The van der Waals surface area contributed by atoms with Gasteiger partial charge in [0.25, 0.3) is 11.5 Å². The average Bonchev–Trinajstić information content (AvgIpc) is 3.79. The number of carbonyl (C=O) groups is 2. The number of hydrogen-bond donors (Lipinski definition) is 2. The standard InChI is InChI=1S/C33H31FN8O4/c1-46-28-7-3-2-6-21(28)23-15-22(20-5-4-11-40(17-20)29(43)9-13-42-14-10-37-39-42)30(34)31-24(23)16-27(38-31)33(45)41-12-8-26-25(18-41)32(44)36-19-35-26/h2-3,5-7,10,14-16,19,38H,4,8-9,11-13,17-18H2,1H3,(H,35,36,44). The van der Waals surface area contributed by atoms with Crippen LogP contribution in [0, 0.1) is 5.82 Å². The summed E-state index contributed by atoms with van der Waals surface area (Å²) in [6.07, 6.45) is 7.86. The summed E-state index contributed by atoms with van der Waals surface area (Å²) in [6, 6.07) is 10.9. The van der Waals surface area contributed by atoms with Gasteiger partial charge in [0.05, 0.1) is 49.5 Å². The van der Waals surface area contributed by atoms with Gasteiger partial charge in [0.1, 0.15) is 11.4 Å². The number of aromatic amines is 2. The lowest BCUT2D eigenvalue weighted by molar-refractivity contribution is -0.131. The van der Waals surface area contributed by atoms with E-state index in [1.165, 1.54) is 6.33 Å². The largest absolute Gasteiger partial charge is 0.496 e. The molecule has 2 N–H and O–H groups in total. The molecule has 0 saturated heterocycles. The van der Waals surface area contributed by atoms with Crippen molar-refractivity contribution in [1.82, 2.24) is 39.7 Å². The van der Waals surface area contributed by atoms with Crippen molar-refractivity contribution in [1.29, 1.82) is 0 Å². The summed E-state index contributed by atoms with van der Waals surface area (Å²) < 4.78 is 23.8. The predicted molar refractivity (Wildman–Crippen MR) is 167 cm³/mol. The number of fused-ring (bicyclic) bond motifs is 2. The lowest BCUT2D eigenvalue weighted by Gasteiger charge is -2.28. The minimum Gasteiger partial charge on any atom is -0.496 e. The van der Waals surface area contributed by atoms with Crippen LogP contribution in [0.25, 0.3) is 27.6 Å². The number of amides is 2. The zero-order chi connectivity index (χ0) is 31.8. The van der Waals surface area contributed by atoms with E-state index in [-0.39, 0.29) is 48.1 Å². The molecule has 0 fully saturated rings. The SMILES string of the molecule is COc1ccccc1-c1cc(C2=CCCN(C(=O)CCn3ccnn3)C2)c(F)c2[nH]c(C(=O)N3CCc4nc[nH]c(=O)c4C3)cc12. The molecule has 46 heavy (non-hydrogen) atoms. The van der Waals surface area contributed by atoms with Crippen LogP contribution in [0.2, 0.25) is 0 Å². The number of para-hydroxylation sites is 1. The summed E-state index contributed by atoms with van der Waals surface area (Å²) in [6.45, 7) is 1.65. The first-order chi connectivity index (χ1) is 22.4. The second-order valence-corrected chi connectivity index (χ2v) is 11.3. The number of hydrogen-bond acceptors (Lipinski definition) is 7. The highest BCUT2D eigenvalue weighted by Gasteiger charge is 2.28. The predicted octanol–water partition coefficient (Wildman–Crippen LogP) is 3.56. The van der Waals surface area contributed by atoms with Crippen molar-refractivity contribution in [3.05, 3.63) is 99.9 Å². The van der Waals surface area contributed by atoms with Crippen molar-refractivity contribution >= 4 is 28.3 Å². The van der Waals surface area contributed by atoms with E-state index in [4.69, 9.17) is 4.74 Å². The summed E-state index contributed by atoms with van der Waals surface area (Å²) in [4.78, 5) is 52.5. The van der Waals surface area contributed by atoms with Gasteiger partial charge in [-0.25, -0.2) is 9.37 Å². The fraction of sp³-hybridized carbons (Fsp3) is 0.273. The van der Waals surface area contributed by atoms with Gasteiger partial charge in [-0.05, 0) is 35.8 Å². The number of rotatable bonds is 7. The van der Waals surface area contributed by atoms with Crippen LogP contribution in [0.1, 0.15) is 40.2 Å². The van der Waals surface area contributed by atoms with E-state index in [1.807, 2.05) is 30.3 Å². The molecule has 0 spiro atoms. The molecule has 2 aromatic carbocycles. The van der Waals surface area contributed by atoms with Crippen molar-refractivity contribution in [2.45, 2.75) is 32.4 Å². The molecule has 3 aromatic heterocycles. The van der Waals surface area contributed by atoms with Crippen LogP contribution in [0.5, 0.6) is 5.75 Å². The first kappa shape index (κ1) is 29.1. The number of aryl methyl sites for hydroxylation is 1. The van der Waals surface area contributed by atoms with Crippen LogP contribution >= 0.6 is 0 Å². The Bertz CT molecular complexity index is 2050. The fourth-order valence-corrected chi connectivity index (χ4v) is 6.27. The molecule has 12 nitrogen and oxygen atoms in total. The Labute approximate surface area is 262 Å². The molecule has 5 aromatic rings. The Morgan fingerprint density at radius 3 is 2.76 bits per heavy atom. The highest BCUT2D eigenvalue weighted by atomic mass is 19.1. The van der Waals surface area contributed by atoms with E-state index in [0.29, 0.717) is 71.6 Å². The van der Waals surface area contributed by atoms with Crippen molar-refractivity contribution in [3.8, 4) is 16.9 Å². The molecule has 234 valence electrons. The molecule has 0 radical (unpaired) electrons. The second-order valence-electron chi connectivity index (χ2n) is 11.3. The number of halogens is 1. The van der Waals surface area contributed by atoms with Gasteiger partial charge in [0, 0.05) is 55.2 Å². The normalized spacial score (nSPS) is 14.7. The molecule has 13 heteroatoms. The van der Waals surface area contributed by atoms with Crippen LogP contribution in [0.4, 0.5) is 4.39 Å². The van der Waals surface area contributed by atoms with Crippen molar-refractivity contribution in [2.24, 2.45) is 0 Å². The number of benzene rings is 2. The van der Waals surface area contributed by atoms with E-state index < -0.39 is 5.82 Å². The Kier molecular flexibility index (Phi) is 7.64. The Balaban J connectivity index is 1.26. The molecule has 0 atom stereocenters. The molecule has 0 saturated carbocycles. The molecule has 0 unspecified atom stereocenters. The maximum absolute atomic E-state index is 16.6. The van der Waals surface area contributed by atoms with Crippen LogP contribution in [0.3, 0.4) is 0 Å². The third kappa shape index (κ3) is 5.33. The number of aromatic nitrogens is 6. The number of methoxy groups -OCH3 is 1. The molecule has 2 aliphatic rings. The number of ether oxygens (including phenoxy) is 1. The third-order valence-corrected chi connectivity index (χ3v) is 8.65. The van der Waals surface area contributed by atoms with Gasteiger partial charge in [0.15, 0.2) is 5.82 Å². The van der Waals surface area contributed by atoms with Crippen LogP contribution in [0.15, 0.2) is 66.0 Å². The minimum absolute atomic E-state index is 0.0579. The zero-order valence-electron chi connectivity index (χ0n) is 25.1. The van der Waals surface area contributed by atoms with Crippen LogP contribution < -0.4 is 10.3 Å². The van der Waals surface area contributed by atoms with Crippen molar-refractivity contribution in [3.63, 3.8) is 0 Å². The zero-order valence-corrected chi connectivity index (χ0v) is 25.1. The Morgan fingerprint density at radius 1 is 1.07 bits per heavy atom. The average molecular weight is 623 g/mol. The molecule has 0 aliphatic carbocycles. The number of carbonyl (C=O) groups excluding carboxylic acids is 2. The highest BCUT2D eigenvalue weighted by Crippen LogP contribution is 2.40. The van der Waals surface area contributed by atoms with E-state index in [2.05, 4.69) is 25.3 Å². The van der Waals surface area contributed by atoms with E-state index in [1.54, 1.807) is 46.1 Å². The van der Waals surface area contributed by atoms with Gasteiger partial charge in [-0.3, -0.25) is 19.1 Å². The quantitative estimate of drug-likeness (QED) is 0.283. The van der Waals surface area contributed by atoms with Crippen molar-refractivity contribution in [2.75, 3.05) is 26.7 Å². The number of H-pyrrole nitrogens is 2. The van der Waals surface area contributed by atoms with Gasteiger partial charge in [-0.15, -0.1) is 5.10 Å². The van der Waals surface area contributed by atoms with Gasteiger partial charge >= 0.3 is 0 Å². The second kappa shape index (κ2) is 12.1. The molecular formula is C33H31FN8O4. The maximum Gasteiger partial charge on any atom is 0.270 e. The molecule has 5 heterocycles. The van der Waals surface area contributed by atoms with Crippen molar-refractivity contribution < 1.29 is 18.7 Å². The Morgan fingerprint density at radius 2 is 1.93 bits per heavy atom. The van der Waals surface area contributed by atoms with Crippen LogP contribution in [-0.2, 0) is 24.3 Å². The first-order valence-corrected chi connectivity index (χ1v) is 15.1. The highest BCUT2D eigenvalue weighted by molar-refractivity contribution is 6.05. The molecule has 2 aliphatic heterocycles. The summed E-state index contributed by atoms with van der Waals surface area (Å²) in [7, 11) is 1.57. The van der Waals surface area contributed by atoms with Gasteiger partial charge in [0.2, 0.25) is 5.91 Å². The summed E-state index contributed by atoms with van der Waals surface area (Å²) in [5.74, 6) is -0.326. The molecular weight excluding hydrogens is 591 g/mol. The number of nitrogens with one attached hydrogen (secondary N) is 2. The summed E-state index contributed by atoms with van der Waals surface area (Å²) in [5, 5.41) is 8.22. The minimum atomic E-state index is -0.513. The topological polar surface area (TPSA) is 142 Å². The van der Waals surface area contributed by atoms with E-state index >= 15 is 4.39 Å². The van der Waals surface area contributed by atoms with Gasteiger partial charge in [-0.2, -0.15) is 0 Å². The smallest absolute Gasteiger partial charge is 0.270 e. The summed E-state index contributed by atoms with van der Waals surface area (Å²) in [5.41, 5.74) is 3.65.